The minimum absolute atomic E-state index is 0. The minimum Gasteiger partial charge on any atom is -0.315 e. The maximum absolute atomic E-state index is 12.8. The van der Waals surface area contributed by atoms with E-state index in [4.69, 9.17) is 0 Å². The first-order chi connectivity index (χ1) is 11.0. The largest absolute Gasteiger partial charge is 0.315 e. The topological polar surface area (TPSA) is 69.7 Å². The van der Waals surface area contributed by atoms with Gasteiger partial charge in [0.15, 0.2) is 5.78 Å². The van der Waals surface area contributed by atoms with E-state index in [0.29, 0.717) is 24.7 Å². The Labute approximate surface area is 149 Å². The zero-order valence-corrected chi connectivity index (χ0v) is 15.4. The van der Waals surface area contributed by atoms with Gasteiger partial charge in [-0.05, 0) is 32.0 Å². The molecular formula is C16H24ClN3O3S. The summed E-state index contributed by atoms with van der Waals surface area (Å²) in [5.74, 6) is -0.124. The van der Waals surface area contributed by atoms with Crippen LogP contribution in [0, 0.1) is 0 Å². The van der Waals surface area contributed by atoms with Crippen LogP contribution >= 0.6 is 12.4 Å². The van der Waals surface area contributed by atoms with Crippen molar-refractivity contribution in [1.29, 1.82) is 0 Å². The Bertz CT molecular complexity index is 682. The number of piperazine rings is 1. The quantitative estimate of drug-likeness (QED) is 0.797. The predicted octanol–water partition coefficient (Wildman–Crippen LogP) is 0.979. The van der Waals surface area contributed by atoms with Crippen molar-refractivity contribution in [3.05, 3.63) is 29.8 Å². The lowest BCUT2D eigenvalue weighted by Crippen LogP contribution is -2.52. The van der Waals surface area contributed by atoms with E-state index in [2.05, 4.69) is 10.2 Å². The van der Waals surface area contributed by atoms with Gasteiger partial charge in [0.25, 0.3) is 0 Å². The highest BCUT2D eigenvalue weighted by Crippen LogP contribution is 2.20. The van der Waals surface area contributed by atoms with Crippen molar-refractivity contribution in [3.63, 3.8) is 0 Å². The Hall–Kier alpha value is -0.990. The Kier molecular flexibility index (Phi) is 6.39. The zero-order chi connectivity index (χ0) is 16.4. The third kappa shape index (κ3) is 3.97. The van der Waals surface area contributed by atoms with Crippen molar-refractivity contribution >= 4 is 28.2 Å². The van der Waals surface area contributed by atoms with Crippen LogP contribution in [0.15, 0.2) is 29.2 Å². The molecule has 1 aromatic carbocycles. The third-order valence-electron chi connectivity index (χ3n) is 4.70. The molecule has 2 saturated heterocycles. The van der Waals surface area contributed by atoms with Crippen LogP contribution in [0.5, 0.6) is 0 Å². The summed E-state index contributed by atoms with van der Waals surface area (Å²) in [7, 11) is -3.53. The zero-order valence-electron chi connectivity index (χ0n) is 13.8. The van der Waals surface area contributed by atoms with Gasteiger partial charge in [-0.1, -0.05) is 12.1 Å². The first kappa shape index (κ1) is 19.3. The Morgan fingerprint density at radius 3 is 2.50 bits per heavy atom. The molecule has 0 bridgehead atoms. The van der Waals surface area contributed by atoms with Crippen molar-refractivity contribution in [1.82, 2.24) is 14.5 Å². The Balaban J connectivity index is 0.00000208. The molecule has 3 rings (SSSR count). The van der Waals surface area contributed by atoms with Gasteiger partial charge in [0, 0.05) is 44.3 Å². The molecule has 8 heteroatoms. The molecule has 6 nitrogen and oxygen atoms in total. The number of ketones is 1. The number of hydrogen-bond donors (Lipinski definition) is 1. The summed E-state index contributed by atoms with van der Waals surface area (Å²) in [4.78, 5) is 14.1. The van der Waals surface area contributed by atoms with Crippen LogP contribution in [0.3, 0.4) is 0 Å². The molecule has 2 aliphatic rings. The second-order valence-corrected chi connectivity index (χ2v) is 8.11. The van der Waals surface area contributed by atoms with Crippen LogP contribution in [0.4, 0.5) is 0 Å². The molecule has 0 radical (unpaired) electrons. The average Bonchev–Trinajstić information content (AvgIpc) is 3.09. The molecule has 0 aromatic heterocycles. The number of nitrogens with one attached hydrogen (secondary N) is 1. The highest BCUT2D eigenvalue weighted by Gasteiger charge is 2.32. The van der Waals surface area contributed by atoms with E-state index in [9.17, 15) is 13.2 Å². The summed E-state index contributed by atoms with van der Waals surface area (Å²) in [6, 6.07) is 6.84. The molecule has 2 heterocycles. The summed E-state index contributed by atoms with van der Waals surface area (Å²) in [6.45, 7) is 6.01. The SMILES string of the molecule is CC(=O)c1cccc(S(=O)(=O)N2CCN(C3CCNC3)CC2)c1.Cl. The van der Waals surface area contributed by atoms with Crippen molar-refractivity contribution in [2.24, 2.45) is 0 Å². The first-order valence-electron chi connectivity index (χ1n) is 8.04. The van der Waals surface area contributed by atoms with Crippen molar-refractivity contribution in [2.45, 2.75) is 24.3 Å². The monoisotopic (exact) mass is 373 g/mol. The minimum atomic E-state index is -3.53. The summed E-state index contributed by atoms with van der Waals surface area (Å²) in [5.41, 5.74) is 0.432. The molecule has 0 amide bonds. The number of nitrogens with zero attached hydrogens (tertiary/aromatic N) is 2. The predicted molar refractivity (Wildman–Crippen MR) is 95.3 cm³/mol. The van der Waals surface area contributed by atoms with Crippen LogP contribution < -0.4 is 5.32 Å². The van der Waals surface area contributed by atoms with Crippen molar-refractivity contribution < 1.29 is 13.2 Å². The van der Waals surface area contributed by atoms with Gasteiger partial charge in [-0.15, -0.1) is 12.4 Å². The van der Waals surface area contributed by atoms with Crippen LogP contribution in [0.1, 0.15) is 23.7 Å². The maximum atomic E-state index is 12.8. The molecule has 2 fully saturated rings. The summed E-state index contributed by atoms with van der Waals surface area (Å²) < 4.78 is 27.1. The number of halogens is 1. The van der Waals surface area contributed by atoms with Crippen LogP contribution in [0.2, 0.25) is 0 Å². The number of sulfonamides is 1. The lowest BCUT2D eigenvalue weighted by Gasteiger charge is -2.37. The normalized spacial score (nSPS) is 23.0. The van der Waals surface area contributed by atoms with E-state index in [1.54, 1.807) is 18.2 Å². The van der Waals surface area contributed by atoms with E-state index >= 15 is 0 Å². The summed E-state index contributed by atoms with van der Waals surface area (Å²) in [6.07, 6.45) is 1.13. The van der Waals surface area contributed by atoms with Gasteiger partial charge in [0.1, 0.15) is 0 Å². The highest BCUT2D eigenvalue weighted by molar-refractivity contribution is 7.89. The third-order valence-corrected chi connectivity index (χ3v) is 6.60. The molecule has 134 valence electrons. The van der Waals surface area contributed by atoms with Crippen LogP contribution in [-0.4, -0.2) is 68.7 Å². The Morgan fingerprint density at radius 2 is 1.92 bits per heavy atom. The molecule has 1 atom stereocenters. The van der Waals surface area contributed by atoms with Gasteiger partial charge < -0.3 is 5.32 Å². The van der Waals surface area contributed by atoms with Gasteiger partial charge in [-0.25, -0.2) is 8.42 Å². The number of Topliss-reactive ketones (excluding diaryl/α,β-unsaturated/α-hetero) is 1. The van der Waals surface area contributed by atoms with Gasteiger partial charge in [0.05, 0.1) is 4.90 Å². The highest BCUT2D eigenvalue weighted by atomic mass is 35.5. The van der Waals surface area contributed by atoms with Gasteiger partial charge in [-0.3, -0.25) is 9.69 Å². The molecule has 1 unspecified atom stereocenters. The van der Waals surface area contributed by atoms with E-state index in [0.717, 1.165) is 32.6 Å². The van der Waals surface area contributed by atoms with E-state index in [1.165, 1.54) is 17.3 Å². The lowest BCUT2D eigenvalue weighted by atomic mass is 10.2. The molecular weight excluding hydrogens is 350 g/mol. The number of benzene rings is 1. The molecule has 1 aromatic rings. The van der Waals surface area contributed by atoms with E-state index < -0.39 is 10.0 Å². The molecule has 0 spiro atoms. The lowest BCUT2D eigenvalue weighted by molar-refractivity contribution is 0.101. The fourth-order valence-corrected chi connectivity index (χ4v) is 4.75. The molecule has 1 N–H and O–H groups in total. The number of hydrogen-bond acceptors (Lipinski definition) is 5. The van der Waals surface area contributed by atoms with Crippen molar-refractivity contribution in [2.75, 3.05) is 39.3 Å². The van der Waals surface area contributed by atoms with E-state index in [1.807, 2.05) is 0 Å². The van der Waals surface area contributed by atoms with Gasteiger partial charge in [-0.2, -0.15) is 4.31 Å². The average molecular weight is 374 g/mol. The maximum Gasteiger partial charge on any atom is 0.243 e. The molecule has 0 aliphatic carbocycles. The first-order valence-corrected chi connectivity index (χ1v) is 9.48. The summed E-state index contributed by atoms with van der Waals surface area (Å²) >= 11 is 0. The fourth-order valence-electron chi connectivity index (χ4n) is 3.28. The second-order valence-electron chi connectivity index (χ2n) is 6.17. The molecule has 2 aliphatic heterocycles. The number of carbonyl (C=O) groups excluding carboxylic acids is 1. The number of carbonyl (C=O) groups is 1. The Morgan fingerprint density at radius 1 is 1.21 bits per heavy atom. The number of rotatable bonds is 4. The van der Waals surface area contributed by atoms with Crippen LogP contribution in [0.25, 0.3) is 0 Å². The smallest absolute Gasteiger partial charge is 0.243 e. The molecule has 24 heavy (non-hydrogen) atoms. The standard InChI is InChI=1S/C16H23N3O3S.ClH/c1-13(20)14-3-2-4-16(11-14)23(21,22)19-9-7-18(8-10-19)15-5-6-17-12-15;/h2-4,11,15,17H,5-10,12H2,1H3;1H. The van der Waals surface area contributed by atoms with Crippen LogP contribution in [-0.2, 0) is 10.0 Å². The van der Waals surface area contributed by atoms with Crippen molar-refractivity contribution in [3.8, 4) is 0 Å². The summed E-state index contributed by atoms with van der Waals surface area (Å²) in [5, 5.41) is 3.35. The fraction of sp³-hybridized carbons (Fsp3) is 0.562. The van der Waals surface area contributed by atoms with E-state index in [-0.39, 0.29) is 23.1 Å². The second kappa shape index (κ2) is 7.93. The molecule has 0 saturated carbocycles. The van der Waals surface area contributed by atoms with Gasteiger partial charge >= 0.3 is 0 Å². The van der Waals surface area contributed by atoms with Gasteiger partial charge in [0.2, 0.25) is 10.0 Å².